The summed E-state index contributed by atoms with van der Waals surface area (Å²) in [5.74, 6) is 0.648. The summed E-state index contributed by atoms with van der Waals surface area (Å²) in [6, 6.07) is 2.64. The summed E-state index contributed by atoms with van der Waals surface area (Å²) in [7, 11) is 0. The normalized spacial score (nSPS) is 14.7. The first-order valence-corrected chi connectivity index (χ1v) is 8.93. The highest BCUT2D eigenvalue weighted by atomic mass is 16.1. The van der Waals surface area contributed by atoms with Gasteiger partial charge in [0.15, 0.2) is 0 Å². The molecular weight excluding hydrogens is 302 g/mol. The minimum Gasteiger partial charge on any atom is -0.379 e. The Bertz CT molecular complexity index is 577. The van der Waals surface area contributed by atoms with Crippen LogP contribution in [0, 0.1) is 5.41 Å². The van der Waals surface area contributed by atoms with E-state index in [-0.39, 0.29) is 11.7 Å². The molecule has 1 fully saturated rings. The summed E-state index contributed by atoms with van der Waals surface area (Å²) in [5, 5.41) is 17.0. The third-order valence-corrected chi connectivity index (χ3v) is 4.49. The Kier molecular flexibility index (Phi) is 6.58. The molecule has 24 heavy (non-hydrogen) atoms. The first kappa shape index (κ1) is 18.2. The van der Waals surface area contributed by atoms with E-state index < -0.39 is 0 Å². The lowest BCUT2D eigenvalue weighted by atomic mass is 10.1. The Morgan fingerprint density at radius 2 is 2.00 bits per heavy atom. The summed E-state index contributed by atoms with van der Waals surface area (Å²) in [5.41, 5.74) is 1.33. The summed E-state index contributed by atoms with van der Waals surface area (Å²) >= 11 is 0. The van der Waals surface area contributed by atoms with Crippen LogP contribution in [0.4, 0.5) is 11.5 Å². The van der Waals surface area contributed by atoms with Crippen molar-refractivity contribution in [3.05, 3.63) is 17.8 Å². The maximum Gasteiger partial charge on any atom is 0.258 e. The Labute approximate surface area is 144 Å². The molecule has 1 aliphatic rings. The number of hydrogen-bond donors (Lipinski definition) is 4. The lowest BCUT2D eigenvalue weighted by Gasteiger charge is -2.21. The SMILES string of the molecule is CCC(CC)Nc1cc(C(=O)NC(C)=N)cnc1NC1CCCC1. The van der Waals surface area contributed by atoms with E-state index in [1.807, 2.05) is 6.07 Å². The number of nitrogens with zero attached hydrogens (tertiary/aromatic N) is 1. The van der Waals surface area contributed by atoms with E-state index in [0.29, 0.717) is 17.6 Å². The van der Waals surface area contributed by atoms with Gasteiger partial charge in [-0.15, -0.1) is 0 Å². The number of carbonyl (C=O) groups excluding carboxylic acids is 1. The van der Waals surface area contributed by atoms with E-state index in [0.717, 1.165) is 24.3 Å². The molecule has 1 aromatic heterocycles. The molecule has 1 saturated carbocycles. The fourth-order valence-corrected chi connectivity index (χ4v) is 3.03. The van der Waals surface area contributed by atoms with Crippen LogP contribution in [0.3, 0.4) is 0 Å². The van der Waals surface area contributed by atoms with Crippen molar-refractivity contribution in [1.29, 1.82) is 5.41 Å². The molecule has 132 valence electrons. The number of rotatable bonds is 7. The summed E-state index contributed by atoms with van der Waals surface area (Å²) in [4.78, 5) is 16.6. The van der Waals surface area contributed by atoms with Crippen LogP contribution in [0.15, 0.2) is 12.3 Å². The Hall–Kier alpha value is -2.11. The van der Waals surface area contributed by atoms with E-state index in [4.69, 9.17) is 5.41 Å². The number of anilines is 2. The molecule has 1 aliphatic carbocycles. The number of nitrogens with one attached hydrogen (secondary N) is 4. The van der Waals surface area contributed by atoms with Crippen molar-refractivity contribution in [2.45, 2.75) is 71.4 Å². The van der Waals surface area contributed by atoms with E-state index in [2.05, 4.69) is 34.8 Å². The van der Waals surface area contributed by atoms with Crippen LogP contribution in [0.2, 0.25) is 0 Å². The molecule has 2 rings (SSSR count). The van der Waals surface area contributed by atoms with Crippen LogP contribution >= 0.6 is 0 Å². The summed E-state index contributed by atoms with van der Waals surface area (Å²) < 4.78 is 0. The number of pyridine rings is 1. The smallest absolute Gasteiger partial charge is 0.258 e. The Balaban J connectivity index is 2.23. The number of amidine groups is 1. The van der Waals surface area contributed by atoms with Crippen LogP contribution in [-0.4, -0.2) is 28.8 Å². The first-order valence-electron chi connectivity index (χ1n) is 8.93. The van der Waals surface area contributed by atoms with Crippen molar-refractivity contribution < 1.29 is 4.79 Å². The zero-order chi connectivity index (χ0) is 17.5. The highest BCUT2D eigenvalue weighted by Gasteiger charge is 2.19. The largest absolute Gasteiger partial charge is 0.379 e. The van der Waals surface area contributed by atoms with Crippen LogP contribution < -0.4 is 16.0 Å². The number of amides is 1. The van der Waals surface area contributed by atoms with Gasteiger partial charge in [0, 0.05) is 18.3 Å². The molecule has 0 unspecified atom stereocenters. The maximum absolute atomic E-state index is 12.1. The Morgan fingerprint density at radius 3 is 2.58 bits per heavy atom. The summed E-state index contributed by atoms with van der Waals surface area (Å²) in [6.07, 6.45) is 8.44. The molecule has 1 heterocycles. The number of carbonyl (C=O) groups is 1. The van der Waals surface area contributed by atoms with E-state index in [1.54, 1.807) is 13.1 Å². The average molecular weight is 331 g/mol. The predicted molar refractivity (Wildman–Crippen MR) is 99.0 cm³/mol. The Morgan fingerprint density at radius 1 is 1.33 bits per heavy atom. The summed E-state index contributed by atoms with van der Waals surface area (Å²) in [6.45, 7) is 5.84. The van der Waals surface area contributed by atoms with Crippen LogP contribution in [0.25, 0.3) is 0 Å². The highest BCUT2D eigenvalue weighted by molar-refractivity contribution is 6.05. The molecule has 0 aromatic carbocycles. The van der Waals surface area contributed by atoms with E-state index in [9.17, 15) is 4.79 Å². The van der Waals surface area contributed by atoms with Crippen LogP contribution in [0.5, 0.6) is 0 Å². The van der Waals surface area contributed by atoms with Crippen molar-refractivity contribution in [3.8, 4) is 0 Å². The first-order chi connectivity index (χ1) is 11.5. The van der Waals surface area contributed by atoms with Gasteiger partial charge in [-0.05, 0) is 38.7 Å². The topological polar surface area (TPSA) is 89.9 Å². The molecule has 1 amide bonds. The molecular formula is C18H29N5O. The molecule has 4 N–H and O–H groups in total. The van der Waals surface area contributed by atoms with Crippen molar-refractivity contribution >= 4 is 23.2 Å². The van der Waals surface area contributed by atoms with Gasteiger partial charge < -0.3 is 16.0 Å². The van der Waals surface area contributed by atoms with E-state index >= 15 is 0 Å². The number of hydrogen-bond acceptors (Lipinski definition) is 5. The lowest BCUT2D eigenvalue weighted by Crippen LogP contribution is -2.28. The van der Waals surface area contributed by atoms with Crippen molar-refractivity contribution in [1.82, 2.24) is 10.3 Å². The lowest BCUT2D eigenvalue weighted by molar-refractivity contribution is 0.0976. The maximum atomic E-state index is 12.1. The van der Waals surface area contributed by atoms with Gasteiger partial charge in [-0.1, -0.05) is 26.7 Å². The molecule has 1 aromatic rings. The van der Waals surface area contributed by atoms with Crippen molar-refractivity contribution in [2.24, 2.45) is 0 Å². The average Bonchev–Trinajstić information content (AvgIpc) is 3.06. The molecule has 0 atom stereocenters. The minimum absolute atomic E-state index is 0.127. The third kappa shape index (κ3) is 4.94. The van der Waals surface area contributed by atoms with Gasteiger partial charge in [0.2, 0.25) is 0 Å². The van der Waals surface area contributed by atoms with Gasteiger partial charge in [-0.3, -0.25) is 10.2 Å². The van der Waals surface area contributed by atoms with Crippen LogP contribution in [0.1, 0.15) is 69.7 Å². The third-order valence-electron chi connectivity index (χ3n) is 4.49. The highest BCUT2D eigenvalue weighted by Crippen LogP contribution is 2.27. The molecule has 0 radical (unpaired) electrons. The monoisotopic (exact) mass is 331 g/mol. The van der Waals surface area contributed by atoms with Gasteiger partial charge in [0.25, 0.3) is 5.91 Å². The molecule has 0 aliphatic heterocycles. The van der Waals surface area contributed by atoms with Crippen molar-refractivity contribution in [2.75, 3.05) is 10.6 Å². The zero-order valence-electron chi connectivity index (χ0n) is 14.9. The van der Waals surface area contributed by atoms with Gasteiger partial charge >= 0.3 is 0 Å². The fraction of sp³-hybridized carbons (Fsp3) is 0.611. The van der Waals surface area contributed by atoms with Gasteiger partial charge in [0.1, 0.15) is 5.82 Å². The number of aromatic nitrogens is 1. The van der Waals surface area contributed by atoms with Gasteiger partial charge in [-0.25, -0.2) is 4.98 Å². The van der Waals surface area contributed by atoms with Gasteiger partial charge in [0.05, 0.1) is 17.1 Å². The molecule has 0 bridgehead atoms. The second-order valence-corrected chi connectivity index (χ2v) is 6.48. The molecule has 6 heteroatoms. The molecule has 0 saturated heterocycles. The molecule has 0 spiro atoms. The van der Waals surface area contributed by atoms with Crippen molar-refractivity contribution in [3.63, 3.8) is 0 Å². The zero-order valence-corrected chi connectivity index (χ0v) is 14.9. The molecule has 6 nitrogen and oxygen atoms in total. The minimum atomic E-state index is -0.296. The fourth-order valence-electron chi connectivity index (χ4n) is 3.03. The predicted octanol–water partition coefficient (Wildman–Crippen LogP) is 3.76. The second kappa shape index (κ2) is 8.66. The standard InChI is InChI=1S/C18H29N5O/c1-4-14(5-2)22-16-10-13(18(24)21-12(3)19)11-20-17(16)23-15-8-6-7-9-15/h10-11,14-15,22H,4-9H2,1-3H3,(H,20,23)(H2,19,21,24). The quantitative estimate of drug-likeness (QED) is 0.452. The van der Waals surface area contributed by atoms with Gasteiger partial charge in [-0.2, -0.15) is 0 Å². The second-order valence-electron chi connectivity index (χ2n) is 6.48. The van der Waals surface area contributed by atoms with Crippen LogP contribution in [-0.2, 0) is 0 Å². The van der Waals surface area contributed by atoms with E-state index in [1.165, 1.54) is 25.7 Å².